The maximum absolute atomic E-state index is 12.6. The smallest absolute Gasteiger partial charge is 0.251 e. The van der Waals surface area contributed by atoms with Gasteiger partial charge in [-0.3, -0.25) is 9.10 Å². The first-order chi connectivity index (χ1) is 13.4. The molecule has 148 valence electrons. The fourth-order valence-electron chi connectivity index (χ4n) is 3.96. The standard InChI is InChI=1S/C21H25N3O3S/c1-23-10-3-6-17-13-16(8-9-20(17)23)15-22-21(25)18-5-2-7-19(14-18)24-11-4-12-28(24,26)27/h2,5,7-9,13-14H,3-4,6,10-12,15H2,1H3,(H,22,25). The van der Waals surface area contributed by atoms with Gasteiger partial charge < -0.3 is 10.2 Å². The summed E-state index contributed by atoms with van der Waals surface area (Å²) < 4.78 is 25.6. The van der Waals surface area contributed by atoms with E-state index in [1.165, 1.54) is 15.6 Å². The lowest BCUT2D eigenvalue weighted by Crippen LogP contribution is -2.27. The van der Waals surface area contributed by atoms with E-state index in [0.29, 0.717) is 30.8 Å². The molecule has 0 aromatic heterocycles. The highest BCUT2D eigenvalue weighted by Gasteiger charge is 2.28. The third kappa shape index (κ3) is 3.71. The number of hydrogen-bond donors (Lipinski definition) is 1. The second-order valence-corrected chi connectivity index (χ2v) is 9.48. The van der Waals surface area contributed by atoms with E-state index in [4.69, 9.17) is 0 Å². The number of sulfonamides is 1. The van der Waals surface area contributed by atoms with Crippen molar-refractivity contribution in [1.82, 2.24) is 5.32 Å². The van der Waals surface area contributed by atoms with Crippen molar-refractivity contribution in [2.24, 2.45) is 0 Å². The number of nitrogens with one attached hydrogen (secondary N) is 1. The second-order valence-electron chi connectivity index (χ2n) is 7.46. The van der Waals surface area contributed by atoms with Gasteiger partial charge in [0.25, 0.3) is 5.91 Å². The molecule has 6 nitrogen and oxygen atoms in total. The van der Waals surface area contributed by atoms with Crippen LogP contribution in [0.3, 0.4) is 0 Å². The molecule has 1 N–H and O–H groups in total. The van der Waals surface area contributed by atoms with Crippen molar-refractivity contribution in [2.45, 2.75) is 25.8 Å². The number of amides is 1. The summed E-state index contributed by atoms with van der Waals surface area (Å²) in [6.07, 6.45) is 2.83. The lowest BCUT2D eigenvalue weighted by atomic mass is 9.99. The lowest BCUT2D eigenvalue weighted by Gasteiger charge is -2.27. The summed E-state index contributed by atoms with van der Waals surface area (Å²) in [4.78, 5) is 14.9. The summed E-state index contributed by atoms with van der Waals surface area (Å²) in [7, 11) is -1.15. The number of fused-ring (bicyclic) bond motifs is 1. The van der Waals surface area contributed by atoms with E-state index < -0.39 is 10.0 Å². The quantitative estimate of drug-likeness (QED) is 0.858. The van der Waals surface area contributed by atoms with E-state index >= 15 is 0 Å². The van der Waals surface area contributed by atoms with E-state index in [1.807, 2.05) is 6.07 Å². The van der Waals surface area contributed by atoms with Crippen molar-refractivity contribution in [3.05, 3.63) is 59.2 Å². The second kappa shape index (κ2) is 7.47. The molecule has 2 aromatic rings. The first-order valence-corrected chi connectivity index (χ1v) is 11.3. The monoisotopic (exact) mass is 399 g/mol. The molecule has 4 rings (SSSR count). The summed E-state index contributed by atoms with van der Waals surface area (Å²) >= 11 is 0. The van der Waals surface area contributed by atoms with Gasteiger partial charge in [0.2, 0.25) is 10.0 Å². The molecule has 0 radical (unpaired) electrons. The van der Waals surface area contributed by atoms with Gasteiger partial charge >= 0.3 is 0 Å². The summed E-state index contributed by atoms with van der Waals surface area (Å²) in [5.41, 5.74) is 4.68. The van der Waals surface area contributed by atoms with Crippen LogP contribution >= 0.6 is 0 Å². The van der Waals surface area contributed by atoms with Gasteiger partial charge in [-0.05, 0) is 54.7 Å². The predicted octanol–water partition coefficient (Wildman–Crippen LogP) is 2.54. The van der Waals surface area contributed by atoms with Crippen LogP contribution in [-0.2, 0) is 23.0 Å². The molecule has 1 amide bonds. The Morgan fingerprint density at radius 3 is 2.75 bits per heavy atom. The average Bonchev–Trinajstić information content (AvgIpc) is 3.05. The normalized spacial score (nSPS) is 18.0. The summed E-state index contributed by atoms with van der Waals surface area (Å²) in [6, 6.07) is 13.2. The van der Waals surface area contributed by atoms with Crippen molar-refractivity contribution >= 4 is 27.3 Å². The van der Waals surface area contributed by atoms with Crippen molar-refractivity contribution in [3.63, 3.8) is 0 Å². The zero-order valence-electron chi connectivity index (χ0n) is 16.0. The van der Waals surface area contributed by atoms with E-state index in [1.54, 1.807) is 24.3 Å². The topological polar surface area (TPSA) is 69.7 Å². The molecule has 28 heavy (non-hydrogen) atoms. The molecule has 0 saturated carbocycles. The summed E-state index contributed by atoms with van der Waals surface area (Å²) in [5, 5.41) is 2.95. The van der Waals surface area contributed by atoms with E-state index in [0.717, 1.165) is 24.9 Å². The third-order valence-corrected chi connectivity index (χ3v) is 7.31. The van der Waals surface area contributed by atoms with Crippen molar-refractivity contribution in [2.75, 3.05) is 35.1 Å². The number of carbonyl (C=O) groups is 1. The van der Waals surface area contributed by atoms with Crippen LogP contribution in [0.5, 0.6) is 0 Å². The zero-order chi connectivity index (χ0) is 19.7. The van der Waals surface area contributed by atoms with Gasteiger partial charge in [0, 0.05) is 37.9 Å². The van der Waals surface area contributed by atoms with E-state index in [9.17, 15) is 13.2 Å². The van der Waals surface area contributed by atoms with Gasteiger partial charge in [-0.25, -0.2) is 8.42 Å². The zero-order valence-corrected chi connectivity index (χ0v) is 16.8. The van der Waals surface area contributed by atoms with Crippen LogP contribution in [0.25, 0.3) is 0 Å². The molecule has 0 unspecified atom stereocenters. The van der Waals surface area contributed by atoms with Crippen LogP contribution in [0.15, 0.2) is 42.5 Å². The molecule has 0 bridgehead atoms. The maximum Gasteiger partial charge on any atom is 0.251 e. The molecule has 2 aliphatic rings. The molecule has 0 spiro atoms. The van der Waals surface area contributed by atoms with Gasteiger partial charge in [-0.15, -0.1) is 0 Å². The molecule has 7 heteroatoms. The van der Waals surface area contributed by atoms with Gasteiger partial charge in [0.1, 0.15) is 0 Å². The van der Waals surface area contributed by atoms with Crippen LogP contribution in [0, 0.1) is 0 Å². The Morgan fingerprint density at radius 2 is 1.96 bits per heavy atom. The largest absolute Gasteiger partial charge is 0.374 e. The SMILES string of the molecule is CN1CCCc2cc(CNC(=O)c3cccc(N4CCCS4(=O)=O)c3)ccc21. The number of aryl methyl sites for hydroxylation is 1. The van der Waals surface area contributed by atoms with Crippen molar-refractivity contribution < 1.29 is 13.2 Å². The number of carbonyl (C=O) groups excluding carboxylic acids is 1. The molecule has 1 fully saturated rings. The van der Waals surface area contributed by atoms with E-state index in [2.05, 4.69) is 29.4 Å². The number of anilines is 2. The van der Waals surface area contributed by atoms with Gasteiger partial charge in [0.15, 0.2) is 0 Å². The molecule has 2 aliphatic heterocycles. The highest BCUT2D eigenvalue weighted by atomic mass is 32.2. The Bertz CT molecular complexity index is 1000. The molecule has 2 aromatic carbocycles. The van der Waals surface area contributed by atoms with Gasteiger partial charge in [0.05, 0.1) is 11.4 Å². The Morgan fingerprint density at radius 1 is 1.11 bits per heavy atom. The Labute approximate surface area is 166 Å². The molecule has 0 aliphatic carbocycles. The number of nitrogens with zero attached hydrogens (tertiary/aromatic N) is 2. The van der Waals surface area contributed by atoms with Crippen LogP contribution < -0.4 is 14.5 Å². The van der Waals surface area contributed by atoms with Crippen molar-refractivity contribution in [1.29, 1.82) is 0 Å². The Hall–Kier alpha value is -2.54. The van der Waals surface area contributed by atoms with Crippen LogP contribution in [0.2, 0.25) is 0 Å². The Balaban J connectivity index is 1.45. The maximum atomic E-state index is 12.6. The fraction of sp³-hybridized carbons (Fsp3) is 0.381. The molecule has 2 heterocycles. The van der Waals surface area contributed by atoms with Crippen LogP contribution in [0.4, 0.5) is 11.4 Å². The molecular formula is C21H25N3O3S. The van der Waals surface area contributed by atoms with Gasteiger partial charge in [-0.2, -0.15) is 0 Å². The molecule has 0 atom stereocenters. The van der Waals surface area contributed by atoms with Crippen molar-refractivity contribution in [3.8, 4) is 0 Å². The van der Waals surface area contributed by atoms with Gasteiger partial charge in [-0.1, -0.05) is 18.2 Å². The first kappa shape index (κ1) is 18.8. The minimum absolute atomic E-state index is 0.164. The van der Waals surface area contributed by atoms with Crippen LogP contribution in [-0.4, -0.2) is 40.2 Å². The van der Waals surface area contributed by atoms with E-state index in [-0.39, 0.29) is 11.7 Å². The molecule has 1 saturated heterocycles. The first-order valence-electron chi connectivity index (χ1n) is 9.66. The fourth-order valence-corrected chi connectivity index (χ4v) is 5.52. The summed E-state index contributed by atoms with van der Waals surface area (Å²) in [5.74, 6) is -0.0370. The number of benzene rings is 2. The molecular weight excluding hydrogens is 374 g/mol. The number of hydrogen-bond acceptors (Lipinski definition) is 4. The average molecular weight is 400 g/mol. The third-order valence-electron chi connectivity index (χ3n) is 5.44. The minimum atomic E-state index is -3.25. The lowest BCUT2D eigenvalue weighted by molar-refractivity contribution is 0.0951. The minimum Gasteiger partial charge on any atom is -0.374 e. The highest BCUT2D eigenvalue weighted by molar-refractivity contribution is 7.93. The highest BCUT2D eigenvalue weighted by Crippen LogP contribution is 2.27. The predicted molar refractivity (Wildman–Crippen MR) is 111 cm³/mol. The Kier molecular flexibility index (Phi) is 5.02. The van der Waals surface area contributed by atoms with Crippen LogP contribution in [0.1, 0.15) is 34.3 Å². The summed E-state index contributed by atoms with van der Waals surface area (Å²) in [6.45, 7) is 1.99. The number of rotatable bonds is 4.